The van der Waals surface area contributed by atoms with Gasteiger partial charge in [0.2, 0.25) is 0 Å². The van der Waals surface area contributed by atoms with Gasteiger partial charge in [0.05, 0.1) is 11.1 Å². The molecule has 0 amide bonds. The van der Waals surface area contributed by atoms with Gasteiger partial charge in [-0.2, -0.15) is 10.5 Å². The predicted molar refractivity (Wildman–Crippen MR) is 107 cm³/mol. The Hall–Kier alpha value is -3.76. The summed E-state index contributed by atoms with van der Waals surface area (Å²) in [7, 11) is 0. The lowest BCUT2D eigenvalue weighted by atomic mass is 10.00. The standard InChI is InChI=1S/C23H20N2O2/c1-16(2)3-7-19-12-18(6-10-23(19)27)13-21(15-25)20(14-24)11-17-4-8-22(26)9-5-17/h3-6,8-13,26-27H,7H2,1-2H3/b20-11+,21-13+. The second kappa shape index (κ2) is 9.08. The molecule has 4 heteroatoms. The van der Waals surface area contributed by atoms with Crippen LogP contribution in [0.4, 0.5) is 0 Å². The van der Waals surface area contributed by atoms with Crippen molar-refractivity contribution in [3.8, 4) is 23.6 Å². The van der Waals surface area contributed by atoms with E-state index in [-0.39, 0.29) is 22.6 Å². The minimum Gasteiger partial charge on any atom is -0.508 e. The summed E-state index contributed by atoms with van der Waals surface area (Å²) in [4.78, 5) is 0. The van der Waals surface area contributed by atoms with Crippen LogP contribution in [-0.4, -0.2) is 10.2 Å². The lowest BCUT2D eigenvalue weighted by Gasteiger charge is -2.05. The minimum absolute atomic E-state index is 0.134. The smallest absolute Gasteiger partial charge is 0.119 e. The lowest BCUT2D eigenvalue weighted by molar-refractivity contribution is 0.469. The molecule has 0 radical (unpaired) electrons. The Morgan fingerprint density at radius 3 is 2.00 bits per heavy atom. The Balaban J connectivity index is 2.41. The van der Waals surface area contributed by atoms with E-state index < -0.39 is 0 Å². The predicted octanol–water partition coefficient (Wildman–Crippen LogP) is 5.12. The van der Waals surface area contributed by atoms with E-state index in [4.69, 9.17) is 0 Å². The van der Waals surface area contributed by atoms with Crippen molar-refractivity contribution in [2.45, 2.75) is 20.3 Å². The van der Waals surface area contributed by atoms with Crippen LogP contribution in [0.15, 0.2) is 65.3 Å². The van der Waals surface area contributed by atoms with Crippen LogP contribution in [0, 0.1) is 22.7 Å². The van der Waals surface area contributed by atoms with Crippen LogP contribution < -0.4 is 0 Å². The molecule has 2 aromatic carbocycles. The zero-order valence-electron chi connectivity index (χ0n) is 15.3. The summed E-state index contributed by atoms with van der Waals surface area (Å²) in [6, 6.07) is 15.6. The molecule has 2 N–H and O–H groups in total. The van der Waals surface area contributed by atoms with Crippen LogP contribution in [0.25, 0.3) is 12.2 Å². The first kappa shape index (κ1) is 19.6. The number of hydrogen-bond donors (Lipinski definition) is 2. The average molecular weight is 356 g/mol. The third-order valence-electron chi connectivity index (χ3n) is 3.88. The summed E-state index contributed by atoms with van der Waals surface area (Å²) in [5.74, 6) is 0.331. The minimum atomic E-state index is 0.134. The van der Waals surface area contributed by atoms with Crippen LogP contribution >= 0.6 is 0 Å². The summed E-state index contributed by atoms with van der Waals surface area (Å²) in [5, 5.41) is 38.3. The van der Waals surface area contributed by atoms with Gasteiger partial charge in [0.25, 0.3) is 0 Å². The molecule has 0 aliphatic carbocycles. The van der Waals surface area contributed by atoms with Crippen molar-refractivity contribution in [3.63, 3.8) is 0 Å². The molecule has 0 aliphatic rings. The number of rotatable bonds is 5. The van der Waals surface area contributed by atoms with Crippen molar-refractivity contribution in [2.24, 2.45) is 0 Å². The van der Waals surface area contributed by atoms with Gasteiger partial charge in [-0.25, -0.2) is 0 Å². The van der Waals surface area contributed by atoms with Crippen LogP contribution in [-0.2, 0) is 6.42 Å². The number of nitriles is 2. The van der Waals surface area contributed by atoms with Crippen molar-refractivity contribution in [1.29, 1.82) is 10.5 Å². The van der Waals surface area contributed by atoms with Crippen molar-refractivity contribution in [3.05, 3.63) is 82.0 Å². The molecular formula is C23H20N2O2. The maximum atomic E-state index is 10.0. The first-order chi connectivity index (χ1) is 12.9. The molecule has 0 bridgehead atoms. The van der Waals surface area contributed by atoms with Gasteiger partial charge in [-0.3, -0.25) is 0 Å². The van der Waals surface area contributed by atoms with Crippen LogP contribution in [0.5, 0.6) is 11.5 Å². The number of nitrogens with zero attached hydrogens (tertiary/aromatic N) is 2. The van der Waals surface area contributed by atoms with Gasteiger partial charge >= 0.3 is 0 Å². The SMILES string of the molecule is CC(C)=CCc1cc(/C=C(C#N)/C(C#N)=C/c2ccc(O)cc2)ccc1O. The lowest BCUT2D eigenvalue weighted by Crippen LogP contribution is -1.88. The first-order valence-electron chi connectivity index (χ1n) is 8.41. The Kier molecular flexibility index (Phi) is 6.58. The van der Waals surface area contributed by atoms with E-state index in [1.54, 1.807) is 36.4 Å². The molecule has 4 nitrogen and oxygen atoms in total. The third kappa shape index (κ3) is 5.63. The number of allylic oxidation sites excluding steroid dienone is 4. The molecule has 2 rings (SSSR count). The highest BCUT2D eigenvalue weighted by molar-refractivity contribution is 5.74. The van der Waals surface area contributed by atoms with Gasteiger partial charge in [0, 0.05) is 0 Å². The number of hydrogen-bond acceptors (Lipinski definition) is 4. The maximum Gasteiger partial charge on any atom is 0.119 e. The number of phenols is 2. The van der Waals surface area contributed by atoms with E-state index in [0.29, 0.717) is 12.0 Å². The molecule has 27 heavy (non-hydrogen) atoms. The van der Waals surface area contributed by atoms with Gasteiger partial charge in [-0.15, -0.1) is 0 Å². The first-order valence-corrected chi connectivity index (χ1v) is 8.41. The van der Waals surface area contributed by atoms with E-state index in [1.807, 2.05) is 26.0 Å². The molecule has 0 unspecified atom stereocenters. The molecule has 0 atom stereocenters. The zero-order chi connectivity index (χ0) is 19.8. The van der Waals surface area contributed by atoms with Crippen LogP contribution in [0.3, 0.4) is 0 Å². The van der Waals surface area contributed by atoms with E-state index in [1.165, 1.54) is 12.1 Å². The number of aromatic hydroxyl groups is 2. The summed E-state index contributed by atoms with van der Waals surface area (Å²) >= 11 is 0. The van der Waals surface area contributed by atoms with Crippen LogP contribution in [0.2, 0.25) is 0 Å². The zero-order valence-corrected chi connectivity index (χ0v) is 15.3. The molecule has 0 heterocycles. The van der Waals surface area contributed by atoms with Gasteiger partial charge in [0.15, 0.2) is 0 Å². The van der Waals surface area contributed by atoms with Crippen molar-refractivity contribution >= 4 is 12.2 Å². The van der Waals surface area contributed by atoms with Crippen molar-refractivity contribution in [1.82, 2.24) is 0 Å². The highest BCUT2D eigenvalue weighted by atomic mass is 16.3. The number of benzene rings is 2. The van der Waals surface area contributed by atoms with Gasteiger partial charge < -0.3 is 10.2 Å². The van der Waals surface area contributed by atoms with E-state index >= 15 is 0 Å². The Labute approximate surface area is 159 Å². The molecule has 0 fully saturated rings. The summed E-state index contributed by atoms with van der Waals surface area (Å²) in [6.07, 6.45) is 5.82. The Bertz CT molecular complexity index is 994. The fourth-order valence-electron chi connectivity index (χ4n) is 2.42. The molecule has 0 saturated carbocycles. The molecular weight excluding hydrogens is 336 g/mol. The van der Waals surface area contributed by atoms with Crippen molar-refractivity contribution < 1.29 is 10.2 Å². The Morgan fingerprint density at radius 1 is 0.889 bits per heavy atom. The normalized spacial score (nSPS) is 11.4. The fourth-order valence-corrected chi connectivity index (χ4v) is 2.42. The molecule has 0 spiro atoms. The summed E-state index contributed by atoms with van der Waals surface area (Å²) < 4.78 is 0. The number of phenolic OH excluding ortho intramolecular Hbond substituents is 2. The fraction of sp³-hybridized carbons (Fsp3) is 0.130. The maximum absolute atomic E-state index is 10.0. The Morgan fingerprint density at radius 2 is 1.44 bits per heavy atom. The topological polar surface area (TPSA) is 88.0 Å². The second-order valence-corrected chi connectivity index (χ2v) is 6.30. The van der Waals surface area contributed by atoms with E-state index in [0.717, 1.165) is 16.7 Å². The molecule has 0 aliphatic heterocycles. The van der Waals surface area contributed by atoms with Gasteiger partial charge in [-0.1, -0.05) is 29.8 Å². The van der Waals surface area contributed by atoms with Crippen molar-refractivity contribution in [2.75, 3.05) is 0 Å². The second-order valence-electron chi connectivity index (χ2n) is 6.30. The van der Waals surface area contributed by atoms with Gasteiger partial charge in [-0.05, 0) is 73.4 Å². The monoisotopic (exact) mass is 356 g/mol. The third-order valence-corrected chi connectivity index (χ3v) is 3.88. The van der Waals surface area contributed by atoms with E-state index in [9.17, 15) is 20.7 Å². The van der Waals surface area contributed by atoms with Gasteiger partial charge in [0.1, 0.15) is 23.6 Å². The molecule has 134 valence electrons. The molecule has 0 saturated heterocycles. The highest BCUT2D eigenvalue weighted by Crippen LogP contribution is 2.23. The summed E-state index contributed by atoms with van der Waals surface area (Å²) in [5.41, 5.74) is 3.79. The molecule has 2 aromatic rings. The highest BCUT2D eigenvalue weighted by Gasteiger charge is 2.07. The average Bonchev–Trinajstić information content (AvgIpc) is 2.66. The van der Waals surface area contributed by atoms with Crippen LogP contribution in [0.1, 0.15) is 30.5 Å². The summed E-state index contributed by atoms with van der Waals surface area (Å²) in [6.45, 7) is 3.98. The molecule has 0 aromatic heterocycles. The quantitative estimate of drug-likeness (QED) is 0.442. The largest absolute Gasteiger partial charge is 0.508 e. The van der Waals surface area contributed by atoms with E-state index in [2.05, 4.69) is 12.1 Å².